The molecule has 0 aromatic heterocycles. The van der Waals surface area contributed by atoms with Gasteiger partial charge in [-0.2, -0.15) is 0 Å². The summed E-state index contributed by atoms with van der Waals surface area (Å²) in [5, 5.41) is 3.25. The first-order valence-corrected chi connectivity index (χ1v) is 8.09. The van der Waals surface area contributed by atoms with Gasteiger partial charge in [-0.05, 0) is 43.9 Å². The molecule has 2 saturated carbocycles. The van der Waals surface area contributed by atoms with Gasteiger partial charge in [-0.15, -0.1) is 0 Å². The van der Waals surface area contributed by atoms with Crippen LogP contribution in [0.2, 0.25) is 0 Å². The average molecular weight is 266 g/mol. The lowest BCUT2D eigenvalue weighted by atomic mass is 9.76. The van der Waals surface area contributed by atoms with E-state index in [1.165, 1.54) is 25.7 Å². The number of carbonyl (C=O) groups excluding carboxylic acids is 1. The van der Waals surface area contributed by atoms with Gasteiger partial charge in [-0.3, -0.25) is 4.79 Å². The Labute approximate surface area is 117 Å². The molecule has 2 rings (SSSR count). The second-order valence-electron chi connectivity index (χ2n) is 7.14. The monoisotopic (exact) mass is 266 g/mol. The van der Waals surface area contributed by atoms with E-state index in [-0.39, 0.29) is 5.91 Å². The minimum absolute atomic E-state index is 0.110. The van der Waals surface area contributed by atoms with Crippen molar-refractivity contribution in [2.75, 3.05) is 0 Å². The van der Waals surface area contributed by atoms with Crippen molar-refractivity contribution in [3.8, 4) is 0 Å². The van der Waals surface area contributed by atoms with Gasteiger partial charge in [0.1, 0.15) is 0 Å². The van der Waals surface area contributed by atoms with Gasteiger partial charge >= 0.3 is 0 Å². The van der Waals surface area contributed by atoms with Gasteiger partial charge in [0.2, 0.25) is 5.91 Å². The van der Waals surface area contributed by atoms with Crippen LogP contribution in [0.4, 0.5) is 0 Å². The van der Waals surface area contributed by atoms with Crippen LogP contribution in [-0.4, -0.2) is 17.5 Å². The van der Waals surface area contributed by atoms with Crippen LogP contribution in [0, 0.1) is 11.8 Å². The SMILES string of the molecule is CC1CCCC(NC(=O)C2(N)CCCC(C)C2)CC1. The zero-order valence-corrected chi connectivity index (χ0v) is 12.6. The molecule has 2 aliphatic carbocycles. The van der Waals surface area contributed by atoms with Crippen LogP contribution in [0.15, 0.2) is 0 Å². The van der Waals surface area contributed by atoms with Gasteiger partial charge in [0.25, 0.3) is 0 Å². The molecule has 0 spiro atoms. The summed E-state index contributed by atoms with van der Waals surface area (Å²) in [5.74, 6) is 1.50. The molecule has 2 aliphatic rings. The number of nitrogens with two attached hydrogens (primary N) is 1. The van der Waals surface area contributed by atoms with E-state index in [1.807, 2.05) is 0 Å². The third-order valence-corrected chi connectivity index (χ3v) is 5.08. The lowest BCUT2D eigenvalue weighted by Crippen LogP contribution is -2.58. The van der Waals surface area contributed by atoms with Gasteiger partial charge in [0, 0.05) is 6.04 Å². The van der Waals surface area contributed by atoms with Crippen LogP contribution >= 0.6 is 0 Å². The third-order valence-electron chi connectivity index (χ3n) is 5.08. The first-order valence-electron chi connectivity index (χ1n) is 8.09. The lowest BCUT2D eigenvalue weighted by molar-refractivity contribution is -0.128. The maximum atomic E-state index is 12.5. The largest absolute Gasteiger partial charge is 0.352 e. The van der Waals surface area contributed by atoms with E-state index in [0.717, 1.165) is 38.0 Å². The Kier molecular flexibility index (Phi) is 4.88. The molecule has 1 amide bonds. The average Bonchev–Trinajstić information content (AvgIpc) is 2.54. The highest BCUT2D eigenvalue weighted by atomic mass is 16.2. The summed E-state index contributed by atoms with van der Waals surface area (Å²) in [5.41, 5.74) is 5.76. The van der Waals surface area contributed by atoms with Crippen molar-refractivity contribution in [2.24, 2.45) is 17.6 Å². The van der Waals surface area contributed by atoms with Crippen molar-refractivity contribution in [1.29, 1.82) is 0 Å². The molecule has 3 N–H and O–H groups in total. The summed E-state index contributed by atoms with van der Waals surface area (Å²) < 4.78 is 0. The van der Waals surface area contributed by atoms with Crippen LogP contribution in [0.25, 0.3) is 0 Å². The molecule has 4 unspecified atom stereocenters. The maximum Gasteiger partial charge on any atom is 0.240 e. The van der Waals surface area contributed by atoms with Gasteiger partial charge in [0.05, 0.1) is 5.54 Å². The zero-order valence-electron chi connectivity index (χ0n) is 12.6. The maximum absolute atomic E-state index is 12.5. The Morgan fingerprint density at radius 2 is 1.79 bits per heavy atom. The number of hydrogen-bond donors (Lipinski definition) is 2. The predicted molar refractivity (Wildman–Crippen MR) is 78.7 cm³/mol. The molecule has 0 radical (unpaired) electrons. The van der Waals surface area contributed by atoms with Gasteiger partial charge < -0.3 is 11.1 Å². The zero-order chi connectivity index (χ0) is 13.9. The van der Waals surface area contributed by atoms with E-state index in [4.69, 9.17) is 5.73 Å². The minimum Gasteiger partial charge on any atom is -0.352 e. The molecular formula is C16H30N2O. The van der Waals surface area contributed by atoms with Crippen molar-refractivity contribution in [1.82, 2.24) is 5.32 Å². The second kappa shape index (κ2) is 6.25. The van der Waals surface area contributed by atoms with Gasteiger partial charge in [0.15, 0.2) is 0 Å². The Balaban J connectivity index is 1.89. The molecule has 19 heavy (non-hydrogen) atoms. The Morgan fingerprint density at radius 3 is 2.53 bits per heavy atom. The van der Waals surface area contributed by atoms with Crippen LogP contribution in [0.1, 0.15) is 71.6 Å². The molecule has 0 aliphatic heterocycles. The number of carbonyl (C=O) groups is 1. The van der Waals surface area contributed by atoms with Crippen LogP contribution in [0.5, 0.6) is 0 Å². The van der Waals surface area contributed by atoms with Crippen molar-refractivity contribution < 1.29 is 4.79 Å². The van der Waals surface area contributed by atoms with E-state index in [9.17, 15) is 4.79 Å². The second-order valence-corrected chi connectivity index (χ2v) is 7.14. The van der Waals surface area contributed by atoms with Crippen molar-refractivity contribution >= 4 is 5.91 Å². The van der Waals surface area contributed by atoms with Crippen LogP contribution in [-0.2, 0) is 4.79 Å². The molecule has 4 atom stereocenters. The summed E-state index contributed by atoms with van der Waals surface area (Å²) >= 11 is 0. The molecule has 0 aromatic rings. The highest BCUT2D eigenvalue weighted by Crippen LogP contribution is 2.31. The summed E-state index contributed by atoms with van der Waals surface area (Å²) in [4.78, 5) is 12.5. The molecule has 0 aromatic carbocycles. The number of hydrogen-bond acceptors (Lipinski definition) is 2. The normalized spacial score (nSPS) is 40.5. The Bertz CT molecular complexity index is 318. The lowest BCUT2D eigenvalue weighted by Gasteiger charge is -2.36. The third kappa shape index (κ3) is 3.95. The fourth-order valence-electron chi connectivity index (χ4n) is 3.76. The Hall–Kier alpha value is -0.570. The molecule has 2 fully saturated rings. The van der Waals surface area contributed by atoms with Crippen molar-refractivity contribution in [2.45, 2.75) is 83.2 Å². The van der Waals surface area contributed by atoms with E-state index >= 15 is 0 Å². The van der Waals surface area contributed by atoms with E-state index in [0.29, 0.717) is 12.0 Å². The number of nitrogens with one attached hydrogen (secondary N) is 1. The smallest absolute Gasteiger partial charge is 0.240 e. The summed E-state index contributed by atoms with van der Waals surface area (Å²) in [7, 11) is 0. The minimum atomic E-state index is -0.602. The topological polar surface area (TPSA) is 55.1 Å². The molecular weight excluding hydrogens is 236 g/mol. The number of rotatable bonds is 2. The van der Waals surface area contributed by atoms with Crippen molar-refractivity contribution in [3.05, 3.63) is 0 Å². The standard InChI is InChI=1S/C16H30N2O/c1-12-5-3-7-14(9-8-12)18-15(19)16(17)10-4-6-13(2)11-16/h12-14H,3-11,17H2,1-2H3,(H,18,19). The fourth-order valence-corrected chi connectivity index (χ4v) is 3.76. The molecule has 3 nitrogen and oxygen atoms in total. The first kappa shape index (κ1) is 14.8. The van der Waals surface area contributed by atoms with E-state index in [2.05, 4.69) is 19.2 Å². The molecule has 110 valence electrons. The molecule has 0 saturated heterocycles. The molecule has 0 heterocycles. The quantitative estimate of drug-likeness (QED) is 0.755. The molecule has 3 heteroatoms. The predicted octanol–water partition coefficient (Wildman–Crippen LogP) is 2.98. The van der Waals surface area contributed by atoms with Crippen molar-refractivity contribution in [3.63, 3.8) is 0 Å². The summed E-state index contributed by atoms with van der Waals surface area (Å²) in [6.45, 7) is 4.53. The molecule has 0 bridgehead atoms. The van der Waals surface area contributed by atoms with Crippen LogP contribution in [0.3, 0.4) is 0 Å². The highest BCUT2D eigenvalue weighted by molar-refractivity contribution is 5.86. The Morgan fingerprint density at radius 1 is 1.05 bits per heavy atom. The van der Waals surface area contributed by atoms with Gasteiger partial charge in [-0.25, -0.2) is 0 Å². The van der Waals surface area contributed by atoms with E-state index < -0.39 is 5.54 Å². The summed E-state index contributed by atoms with van der Waals surface area (Å²) in [6, 6.07) is 0.357. The van der Waals surface area contributed by atoms with E-state index in [1.54, 1.807) is 0 Å². The first-order chi connectivity index (χ1) is 8.99. The fraction of sp³-hybridized carbons (Fsp3) is 0.938. The van der Waals surface area contributed by atoms with Crippen LogP contribution < -0.4 is 11.1 Å². The number of amides is 1. The summed E-state index contributed by atoms with van der Waals surface area (Å²) in [6.07, 6.45) is 10.0. The van der Waals surface area contributed by atoms with Gasteiger partial charge in [-0.1, -0.05) is 39.5 Å². The highest BCUT2D eigenvalue weighted by Gasteiger charge is 2.38.